The van der Waals surface area contributed by atoms with Crippen LogP contribution in [0.2, 0.25) is 0 Å². The molecule has 0 spiro atoms. The summed E-state index contributed by atoms with van der Waals surface area (Å²) in [5.74, 6) is -0.132. The maximum Gasteiger partial charge on any atom is 0.343 e. The molecule has 1 aliphatic rings. The standard InChI is InChI=1S/C25H25FO3/c1-17(2)25(14-5-6-15-25)29-23-16-19(12-13-21(23)26)24(27)28-22-11-7-9-18-8-3-4-10-20(18)22/h3-4,7-13,16-17H,5-6,14-15H2,1-2H3. The predicted octanol–water partition coefficient (Wildman–Crippen LogP) is 6.55. The van der Waals surface area contributed by atoms with Crippen LogP contribution in [0.5, 0.6) is 11.5 Å². The van der Waals surface area contributed by atoms with Gasteiger partial charge in [0, 0.05) is 5.39 Å². The van der Waals surface area contributed by atoms with Crippen molar-refractivity contribution in [3.05, 3.63) is 72.0 Å². The fourth-order valence-corrected chi connectivity index (χ4v) is 4.14. The molecule has 0 amide bonds. The first-order valence-corrected chi connectivity index (χ1v) is 10.2. The third-order valence-electron chi connectivity index (χ3n) is 5.93. The van der Waals surface area contributed by atoms with Crippen molar-refractivity contribution in [2.75, 3.05) is 0 Å². The minimum Gasteiger partial charge on any atom is -0.484 e. The van der Waals surface area contributed by atoms with E-state index in [-0.39, 0.29) is 22.8 Å². The molecule has 3 aromatic carbocycles. The zero-order valence-electron chi connectivity index (χ0n) is 16.8. The lowest BCUT2D eigenvalue weighted by atomic mass is 9.88. The van der Waals surface area contributed by atoms with Crippen molar-refractivity contribution in [1.82, 2.24) is 0 Å². The van der Waals surface area contributed by atoms with Crippen molar-refractivity contribution in [3.63, 3.8) is 0 Å². The summed E-state index contributed by atoms with van der Waals surface area (Å²) in [6, 6.07) is 17.4. The van der Waals surface area contributed by atoms with Gasteiger partial charge in [-0.25, -0.2) is 9.18 Å². The van der Waals surface area contributed by atoms with Crippen LogP contribution in [0.25, 0.3) is 10.8 Å². The Kier molecular flexibility index (Phi) is 5.27. The van der Waals surface area contributed by atoms with Gasteiger partial charge in [-0.05, 0) is 61.3 Å². The maximum absolute atomic E-state index is 14.5. The Morgan fingerprint density at radius 3 is 2.45 bits per heavy atom. The summed E-state index contributed by atoms with van der Waals surface area (Å²) in [5.41, 5.74) is -0.106. The molecular weight excluding hydrogens is 367 g/mol. The van der Waals surface area contributed by atoms with Gasteiger partial charge < -0.3 is 9.47 Å². The quantitative estimate of drug-likeness (QED) is 0.365. The molecule has 0 atom stereocenters. The van der Waals surface area contributed by atoms with E-state index in [0.717, 1.165) is 36.5 Å². The van der Waals surface area contributed by atoms with Crippen molar-refractivity contribution in [2.45, 2.75) is 45.1 Å². The highest BCUT2D eigenvalue weighted by molar-refractivity contribution is 5.95. The van der Waals surface area contributed by atoms with Crippen LogP contribution >= 0.6 is 0 Å². The lowest BCUT2D eigenvalue weighted by Gasteiger charge is -2.34. The second-order valence-electron chi connectivity index (χ2n) is 8.04. The van der Waals surface area contributed by atoms with Crippen LogP contribution in [0.1, 0.15) is 49.9 Å². The van der Waals surface area contributed by atoms with Crippen LogP contribution in [0, 0.1) is 11.7 Å². The lowest BCUT2D eigenvalue weighted by Crippen LogP contribution is -2.38. The Labute approximate surface area is 170 Å². The molecule has 4 rings (SSSR count). The van der Waals surface area contributed by atoms with Gasteiger partial charge in [0.15, 0.2) is 11.6 Å². The minimum absolute atomic E-state index is 0.118. The summed E-state index contributed by atoms with van der Waals surface area (Å²) in [7, 11) is 0. The number of carbonyl (C=O) groups is 1. The summed E-state index contributed by atoms with van der Waals surface area (Å²) < 4.78 is 26.3. The summed E-state index contributed by atoms with van der Waals surface area (Å²) in [5, 5.41) is 1.84. The van der Waals surface area contributed by atoms with Gasteiger partial charge >= 0.3 is 5.97 Å². The Bertz CT molecular complexity index is 1030. The Hall–Kier alpha value is -2.88. The van der Waals surface area contributed by atoms with Crippen LogP contribution in [-0.4, -0.2) is 11.6 Å². The summed E-state index contributed by atoms with van der Waals surface area (Å²) in [6.07, 6.45) is 3.94. The minimum atomic E-state index is -0.531. The predicted molar refractivity (Wildman–Crippen MR) is 112 cm³/mol. The van der Waals surface area contributed by atoms with E-state index in [1.54, 1.807) is 6.07 Å². The molecular formula is C25H25FO3. The topological polar surface area (TPSA) is 35.5 Å². The number of rotatable bonds is 5. The van der Waals surface area contributed by atoms with Crippen molar-refractivity contribution in [1.29, 1.82) is 0 Å². The van der Waals surface area contributed by atoms with Crippen LogP contribution in [0.3, 0.4) is 0 Å². The van der Waals surface area contributed by atoms with Crippen LogP contribution in [0.15, 0.2) is 60.7 Å². The zero-order valence-corrected chi connectivity index (χ0v) is 16.8. The highest BCUT2D eigenvalue weighted by Crippen LogP contribution is 2.40. The first-order valence-electron chi connectivity index (χ1n) is 10.2. The fraction of sp³-hybridized carbons (Fsp3) is 0.320. The van der Waals surface area contributed by atoms with Crippen LogP contribution < -0.4 is 9.47 Å². The third-order valence-corrected chi connectivity index (χ3v) is 5.93. The number of hydrogen-bond acceptors (Lipinski definition) is 3. The van der Waals surface area contributed by atoms with E-state index in [0.29, 0.717) is 5.75 Å². The molecule has 0 aromatic heterocycles. The Morgan fingerprint density at radius 1 is 0.966 bits per heavy atom. The van der Waals surface area contributed by atoms with E-state index < -0.39 is 11.8 Å². The average Bonchev–Trinajstić information content (AvgIpc) is 3.20. The summed E-state index contributed by atoms with van der Waals surface area (Å²) >= 11 is 0. The van der Waals surface area contributed by atoms with Crippen LogP contribution in [0.4, 0.5) is 4.39 Å². The SMILES string of the molecule is CC(C)C1(Oc2cc(C(=O)Oc3cccc4ccccc34)ccc2F)CCCC1. The third kappa shape index (κ3) is 3.84. The Balaban J connectivity index is 1.60. The average molecular weight is 392 g/mol. The van der Waals surface area contributed by atoms with E-state index in [2.05, 4.69) is 13.8 Å². The van der Waals surface area contributed by atoms with Gasteiger partial charge in [-0.1, -0.05) is 50.2 Å². The Morgan fingerprint density at radius 2 is 1.69 bits per heavy atom. The molecule has 4 heteroatoms. The number of fused-ring (bicyclic) bond motifs is 1. The van der Waals surface area contributed by atoms with Gasteiger partial charge in [-0.2, -0.15) is 0 Å². The van der Waals surface area contributed by atoms with Gasteiger partial charge in [0.05, 0.1) is 5.56 Å². The molecule has 0 radical (unpaired) electrons. The number of ether oxygens (including phenoxy) is 2. The fourth-order valence-electron chi connectivity index (χ4n) is 4.14. The number of benzene rings is 3. The van der Waals surface area contributed by atoms with Crippen LogP contribution in [-0.2, 0) is 0 Å². The van der Waals surface area contributed by atoms with Crippen molar-refractivity contribution in [3.8, 4) is 11.5 Å². The molecule has 0 N–H and O–H groups in total. The summed E-state index contributed by atoms with van der Waals surface area (Å²) in [6.45, 7) is 4.20. The number of hydrogen-bond donors (Lipinski definition) is 0. The second kappa shape index (κ2) is 7.86. The van der Waals surface area contributed by atoms with Gasteiger partial charge in [-0.3, -0.25) is 0 Å². The molecule has 150 valence electrons. The van der Waals surface area contributed by atoms with Gasteiger partial charge in [-0.15, -0.1) is 0 Å². The second-order valence-corrected chi connectivity index (χ2v) is 8.04. The van der Waals surface area contributed by atoms with Gasteiger partial charge in [0.1, 0.15) is 11.4 Å². The van der Waals surface area contributed by atoms with Crippen molar-refractivity contribution < 1.29 is 18.7 Å². The molecule has 1 aliphatic carbocycles. The van der Waals surface area contributed by atoms with E-state index in [4.69, 9.17) is 9.47 Å². The van der Waals surface area contributed by atoms with Gasteiger partial charge in [0.2, 0.25) is 0 Å². The maximum atomic E-state index is 14.5. The number of carbonyl (C=O) groups excluding carboxylic acids is 1. The smallest absolute Gasteiger partial charge is 0.343 e. The number of halogens is 1. The van der Waals surface area contributed by atoms with Crippen molar-refractivity contribution >= 4 is 16.7 Å². The van der Waals surface area contributed by atoms with E-state index in [1.165, 1.54) is 18.2 Å². The van der Waals surface area contributed by atoms with E-state index in [9.17, 15) is 9.18 Å². The molecule has 1 saturated carbocycles. The number of esters is 1. The lowest BCUT2D eigenvalue weighted by molar-refractivity contribution is 0.0250. The molecule has 0 heterocycles. The highest BCUT2D eigenvalue weighted by atomic mass is 19.1. The first-order chi connectivity index (χ1) is 14.0. The highest BCUT2D eigenvalue weighted by Gasteiger charge is 2.39. The van der Waals surface area contributed by atoms with E-state index in [1.807, 2.05) is 36.4 Å². The zero-order chi connectivity index (χ0) is 20.4. The molecule has 0 unspecified atom stereocenters. The summed E-state index contributed by atoms with van der Waals surface area (Å²) in [4.78, 5) is 12.8. The van der Waals surface area contributed by atoms with Gasteiger partial charge in [0.25, 0.3) is 0 Å². The molecule has 0 bridgehead atoms. The molecule has 0 saturated heterocycles. The molecule has 0 aliphatic heterocycles. The largest absolute Gasteiger partial charge is 0.484 e. The monoisotopic (exact) mass is 392 g/mol. The normalized spacial score (nSPS) is 15.6. The molecule has 3 aromatic rings. The first kappa shape index (κ1) is 19.4. The molecule has 29 heavy (non-hydrogen) atoms. The van der Waals surface area contributed by atoms with E-state index >= 15 is 0 Å². The molecule has 3 nitrogen and oxygen atoms in total. The molecule has 1 fully saturated rings. The van der Waals surface area contributed by atoms with Crippen molar-refractivity contribution in [2.24, 2.45) is 5.92 Å².